The largest absolute Gasteiger partial charge is 0.475 e. The van der Waals surface area contributed by atoms with Gasteiger partial charge < -0.3 is 10.8 Å². The van der Waals surface area contributed by atoms with Gasteiger partial charge in [-0.25, -0.2) is 4.79 Å². The second kappa shape index (κ2) is 3.00. The zero-order valence-electron chi connectivity index (χ0n) is 6.02. The molecule has 5 heteroatoms. The van der Waals surface area contributed by atoms with Crippen molar-refractivity contribution in [3.05, 3.63) is 24.0 Å². The van der Waals surface area contributed by atoms with Gasteiger partial charge in [-0.3, -0.25) is 9.78 Å². The van der Waals surface area contributed by atoms with Crippen LogP contribution in [0.25, 0.3) is 0 Å². The standard InChI is InChI=1S/C7H6N2O3/c8-4-2-1-3-9-5(4)6(10)7(11)12/h1-3H,8H2,(H,11,12). The molecular formula is C7H6N2O3. The van der Waals surface area contributed by atoms with Gasteiger partial charge in [0.15, 0.2) is 0 Å². The number of ketones is 1. The quantitative estimate of drug-likeness (QED) is 0.473. The highest BCUT2D eigenvalue weighted by atomic mass is 16.4. The first-order chi connectivity index (χ1) is 5.63. The highest BCUT2D eigenvalue weighted by molar-refractivity contribution is 6.40. The molecule has 1 rings (SSSR count). The second-order valence-corrected chi connectivity index (χ2v) is 2.08. The van der Waals surface area contributed by atoms with Gasteiger partial charge in [0, 0.05) is 6.20 Å². The SMILES string of the molecule is Nc1cccnc1C(=O)C(=O)O. The Labute approximate surface area is 67.8 Å². The molecular weight excluding hydrogens is 160 g/mol. The highest BCUT2D eigenvalue weighted by Gasteiger charge is 2.17. The summed E-state index contributed by atoms with van der Waals surface area (Å²) in [5.74, 6) is -2.64. The van der Waals surface area contributed by atoms with Gasteiger partial charge in [0.25, 0.3) is 5.78 Å². The minimum absolute atomic E-state index is 0.0740. The third kappa shape index (κ3) is 1.39. The summed E-state index contributed by atoms with van der Waals surface area (Å²) in [6.07, 6.45) is 1.31. The van der Waals surface area contributed by atoms with Crippen LogP contribution in [0.2, 0.25) is 0 Å². The van der Waals surface area contributed by atoms with Crippen molar-refractivity contribution in [2.24, 2.45) is 0 Å². The van der Waals surface area contributed by atoms with Gasteiger partial charge in [-0.2, -0.15) is 0 Å². The molecule has 0 aromatic carbocycles. The lowest BCUT2D eigenvalue weighted by molar-refractivity contribution is -0.131. The Balaban J connectivity index is 3.11. The van der Waals surface area contributed by atoms with Crippen molar-refractivity contribution in [3.8, 4) is 0 Å². The molecule has 12 heavy (non-hydrogen) atoms. The van der Waals surface area contributed by atoms with Crippen molar-refractivity contribution in [2.75, 3.05) is 5.73 Å². The molecule has 0 saturated carbocycles. The lowest BCUT2D eigenvalue weighted by Gasteiger charge is -1.97. The van der Waals surface area contributed by atoms with E-state index in [1.54, 1.807) is 0 Å². The zero-order valence-corrected chi connectivity index (χ0v) is 6.02. The zero-order chi connectivity index (χ0) is 9.14. The summed E-state index contributed by atoms with van der Waals surface area (Å²) in [5, 5.41) is 8.31. The summed E-state index contributed by atoms with van der Waals surface area (Å²) in [5.41, 5.74) is 5.17. The summed E-state index contributed by atoms with van der Waals surface area (Å²) in [6, 6.07) is 2.94. The Bertz CT molecular complexity index is 335. The van der Waals surface area contributed by atoms with Gasteiger partial charge in [0.05, 0.1) is 5.69 Å². The molecule has 0 fully saturated rings. The lowest BCUT2D eigenvalue weighted by atomic mass is 10.2. The van der Waals surface area contributed by atoms with E-state index in [-0.39, 0.29) is 11.4 Å². The number of carbonyl (C=O) groups is 2. The van der Waals surface area contributed by atoms with Crippen molar-refractivity contribution >= 4 is 17.4 Å². The molecule has 1 aromatic heterocycles. The van der Waals surface area contributed by atoms with E-state index in [1.165, 1.54) is 18.3 Å². The number of carbonyl (C=O) groups excluding carboxylic acids is 1. The predicted molar refractivity (Wildman–Crippen MR) is 40.6 cm³/mol. The Kier molecular flexibility index (Phi) is 2.05. The number of nitrogens with zero attached hydrogens (tertiary/aromatic N) is 1. The molecule has 3 N–H and O–H groups in total. The van der Waals surface area contributed by atoms with E-state index in [2.05, 4.69) is 4.98 Å². The number of hydrogen-bond acceptors (Lipinski definition) is 4. The number of hydrogen-bond donors (Lipinski definition) is 2. The van der Waals surface area contributed by atoms with E-state index in [0.717, 1.165) is 0 Å². The second-order valence-electron chi connectivity index (χ2n) is 2.08. The molecule has 0 unspecified atom stereocenters. The van der Waals surface area contributed by atoms with Crippen LogP contribution in [0.3, 0.4) is 0 Å². The molecule has 0 bridgehead atoms. The monoisotopic (exact) mass is 166 g/mol. The number of Topliss-reactive ketones (excluding diaryl/α,β-unsaturated/α-hetero) is 1. The van der Waals surface area contributed by atoms with E-state index in [4.69, 9.17) is 10.8 Å². The summed E-state index contributed by atoms with van der Waals surface area (Å²) >= 11 is 0. The fourth-order valence-corrected chi connectivity index (χ4v) is 0.709. The average Bonchev–Trinajstić information content (AvgIpc) is 2.04. The number of pyridine rings is 1. The van der Waals surface area contributed by atoms with Crippen molar-refractivity contribution in [1.82, 2.24) is 4.98 Å². The molecule has 0 saturated heterocycles. The Morgan fingerprint density at radius 1 is 1.50 bits per heavy atom. The molecule has 1 heterocycles. The number of carboxylic acids is 1. The highest BCUT2D eigenvalue weighted by Crippen LogP contribution is 2.07. The van der Waals surface area contributed by atoms with E-state index in [0.29, 0.717) is 0 Å². The van der Waals surface area contributed by atoms with Crippen LogP contribution in [0.5, 0.6) is 0 Å². The van der Waals surface area contributed by atoms with Crippen molar-refractivity contribution < 1.29 is 14.7 Å². The van der Waals surface area contributed by atoms with Crippen LogP contribution in [0.4, 0.5) is 5.69 Å². The summed E-state index contributed by atoms with van der Waals surface area (Å²) in [6.45, 7) is 0. The molecule has 0 aliphatic rings. The van der Waals surface area contributed by atoms with Gasteiger partial charge in [0.2, 0.25) is 0 Å². The number of anilines is 1. The van der Waals surface area contributed by atoms with E-state index in [9.17, 15) is 9.59 Å². The van der Waals surface area contributed by atoms with E-state index >= 15 is 0 Å². The van der Waals surface area contributed by atoms with Gasteiger partial charge in [-0.15, -0.1) is 0 Å². The van der Waals surface area contributed by atoms with Crippen LogP contribution in [0.1, 0.15) is 10.5 Å². The number of aliphatic carboxylic acids is 1. The average molecular weight is 166 g/mol. The smallest absolute Gasteiger partial charge is 0.379 e. The van der Waals surface area contributed by atoms with Crippen LogP contribution < -0.4 is 5.73 Å². The Morgan fingerprint density at radius 2 is 2.17 bits per heavy atom. The fraction of sp³-hybridized carbons (Fsp3) is 0. The number of nitrogen functional groups attached to an aromatic ring is 1. The fourth-order valence-electron chi connectivity index (χ4n) is 0.709. The normalized spacial score (nSPS) is 9.33. The van der Waals surface area contributed by atoms with Crippen molar-refractivity contribution in [1.29, 1.82) is 0 Å². The molecule has 5 nitrogen and oxygen atoms in total. The predicted octanol–water partition coefficient (Wildman–Crippen LogP) is -0.0689. The molecule has 0 aliphatic carbocycles. The molecule has 0 radical (unpaired) electrons. The molecule has 0 atom stereocenters. The number of carboxylic acid groups (broad SMARTS) is 1. The van der Waals surface area contributed by atoms with Crippen LogP contribution in [0.15, 0.2) is 18.3 Å². The minimum Gasteiger partial charge on any atom is -0.475 e. The summed E-state index contributed by atoms with van der Waals surface area (Å²) < 4.78 is 0. The lowest BCUT2D eigenvalue weighted by Crippen LogP contribution is -2.16. The molecule has 0 amide bonds. The topological polar surface area (TPSA) is 93.3 Å². The number of rotatable bonds is 2. The molecule has 0 aliphatic heterocycles. The van der Waals surface area contributed by atoms with E-state index < -0.39 is 11.8 Å². The van der Waals surface area contributed by atoms with Gasteiger partial charge >= 0.3 is 5.97 Å². The van der Waals surface area contributed by atoms with Gasteiger partial charge in [-0.05, 0) is 12.1 Å². The maximum absolute atomic E-state index is 10.8. The Hall–Kier alpha value is -1.91. The summed E-state index contributed by atoms with van der Waals surface area (Å²) in [4.78, 5) is 24.6. The molecule has 0 spiro atoms. The number of nitrogens with two attached hydrogens (primary N) is 1. The van der Waals surface area contributed by atoms with Gasteiger partial charge in [-0.1, -0.05) is 0 Å². The first-order valence-electron chi connectivity index (χ1n) is 3.11. The third-order valence-corrected chi connectivity index (χ3v) is 1.25. The third-order valence-electron chi connectivity index (χ3n) is 1.25. The minimum atomic E-state index is -1.56. The maximum atomic E-state index is 10.8. The number of aromatic nitrogens is 1. The Morgan fingerprint density at radius 3 is 2.67 bits per heavy atom. The van der Waals surface area contributed by atoms with E-state index in [1.807, 2.05) is 0 Å². The van der Waals surface area contributed by atoms with Crippen LogP contribution in [-0.4, -0.2) is 21.8 Å². The first-order valence-corrected chi connectivity index (χ1v) is 3.11. The van der Waals surface area contributed by atoms with Crippen LogP contribution in [0, 0.1) is 0 Å². The van der Waals surface area contributed by atoms with Crippen LogP contribution >= 0.6 is 0 Å². The van der Waals surface area contributed by atoms with Crippen molar-refractivity contribution in [3.63, 3.8) is 0 Å². The molecule has 1 aromatic rings. The van der Waals surface area contributed by atoms with Gasteiger partial charge in [0.1, 0.15) is 5.69 Å². The molecule has 62 valence electrons. The first kappa shape index (κ1) is 8.19. The van der Waals surface area contributed by atoms with Crippen molar-refractivity contribution in [2.45, 2.75) is 0 Å². The summed E-state index contributed by atoms with van der Waals surface area (Å²) in [7, 11) is 0. The van der Waals surface area contributed by atoms with Crippen LogP contribution in [-0.2, 0) is 4.79 Å². The maximum Gasteiger partial charge on any atom is 0.379 e.